The first-order valence-electron chi connectivity index (χ1n) is 6.02. The molecule has 2 nitrogen and oxygen atoms in total. The van der Waals surface area contributed by atoms with Crippen LogP contribution in [0.25, 0.3) is 0 Å². The predicted octanol–water partition coefficient (Wildman–Crippen LogP) is 2.77. The number of hydrogen-bond donors (Lipinski definition) is 0. The van der Waals surface area contributed by atoms with Gasteiger partial charge >= 0.3 is 0 Å². The lowest BCUT2D eigenvalue weighted by Gasteiger charge is -2.18. The molecule has 1 fully saturated rings. The molecular formula is C14H16O2S. The molecule has 0 N–H and O–H groups in total. The molecule has 0 saturated heterocycles. The Hall–Kier alpha value is -1.09. The second kappa shape index (κ2) is 3.70. The highest BCUT2D eigenvalue weighted by molar-refractivity contribution is 7.90. The first kappa shape index (κ1) is 11.0. The number of fused-ring (bicyclic) bond motifs is 2. The van der Waals surface area contributed by atoms with Gasteiger partial charge in [0, 0.05) is 6.26 Å². The minimum absolute atomic E-state index is 0.417. The number of rotatable bonds is 2. The Kier molecular flexibility index (Phi) is 2.40. The van der Waals surface area contributed by atoms with Crippen LogP contribution < -0.4 is 0 Å². The van der Waals surface area contributed by atoms with Gasteiger partial charge in [0.1, 0.15) is 0 Å². The Morgan fingerprint density at radius 2 is 1.76 bits per heavy atom. The van der Waals surface area contributed by atoms with Gasteiger partial charge in [0.2, 0.25) is 0 Å². The summed E-state index contributed by atoms with van der Waals surface area (Å²) in [6, 6.07) is 7.44. The van der Waals surface area contributed by atoms with Crippen molar-refractivity contribution in [1.29, 1.82) is 0 Å². The fourth-order valence-corrected chi connectivity index (χ4v) is 3.76. The molecule has 0 spiro atoms. The first-order chi connectivity index (χ1) is 8.04. The van der Waals surface area contributed by atoms with Crippen LogP contribution in [0, 0.1) is 11.8 Å². The van der Waals surface area contributed by atoms with Crippen LogP contribution in [0.3, 0.4) is 0 Å². The van der Waals surface area contributed by atoms with E-state index in [0.29, 0.717) is 16.7 Å². The third-order valence-corrected chi connectivity index (χ3v) is 5.14. The Balaban J connectivity index is 1.89. The van der Waals surface area contributed by atoms with Crippen LogP contribution in [-0.2, 0) is 9.84 Å². The third-order valence-electron chi connectivity index (χ3n) is 4.02. The van der Waals surface area contributed by atoms with Crippen molar-refractivity contribution in [3.05, 3.63) is 42.0 Å². The van der Waals surface area contributed by atoms with Crippen molar-refractivity contribution in [3.8, 4) is 0 Å². The van der Waals surface area contributed by atoms with Crippen LogP contribution in [0.15, 0.2) is 41.3 Å². The lowest BCUT2D eigenvalue weighted by atomic mass is 9.87. The molecule has 17 heavy (non-hydrogen) atoms. The van der Waals surface area contributed by atoms with Gasteiger partial charge in [-0.25, -0.2) is 8.42 Å². The average molecular weight is 248 g/mol. The fourth-order valence-electron chi connectivity index (χ4n) is 3.13. The van der Waals surface area contributed by atoms with Crippen molar-refractivity contribution in [2.45, 2.75) is 23.7 Å². The summed E-state index contributed by atoms with van der Waals surface area (Å²) in [7, 11) is -3.07. The number of sulfone groups is 1. The minimum Gasteiger partial charge on any atom is -0.224 e. The van der Waals surface area contributed by atoms with Crippen molar-refractivity contribution in [3.63, 3.8) is 0 Å². The summed E-state index contributed by atoms with van der Waals surface area (Å²) in [4.78, 5) is 0.417. The molecule has 1 saturated carbocycles. The van der Waals surface area contributed by atoms with Crippen molar-refractivity contribution in [1.82, 2.24) is 0 Å². The Morgan fingerprint density at radius 1 is 1.06 bits per heavy atom. The van der Waals surface area contributed by atoms with E-state index < -0.39 is 9.84 Å². The topological polar surface area (TPSA) is 34.1 Å². The molecule has 0 radical (unpaired) electrons. The van der Waals surface area contributed by atoms with E-state index in [2.05, 4.69) is 12.2 Å². The maximum Gasteiger partial charge on any atom is 0.175 e. The van der Waals surface area contributed by atoms with E-state index >= 15 is 0 Å². The summed E-state index contributed by atoms with van der Waals surface area (Å²) >= 11 is 0. The van der Waals surface area contributed by atoms with Crippen LogP contribution >= 0.6 is 0 Å². The predicted molar refractivity (Wildman–Crippen MR) is 67.6 cm³/mol. The van der Waals surface area contributed by atoms with Gasteiger partial charge in [-0.3, -0.25) is 0 Å². The molecular weight excluding hydrogens is 232 g/mol. The maximum absolute atomic E-state index is 11.4. The second-order valence-corrected chi connectivity index (χ2v) is 7.24. The zero-order chi connectivity index (χ0) is 12.0. The molecule has 1 aromatic carbocycles. The average Bonchev–Trinajstić information content (AvgIpc) is 2.89. The summed E-state index contributed by atoms with van der Waals surface area (Å²) in [5.74, 6) is 2.02. The van der Waals surface area contributed by atoms with Gasteiger partial charge in [-0.15, -0.1) is 0 Å². The highest BCUT2D eigenvalue weighted by Gasteiger charge is 2.36. The molecule has 90 valence electrons. The largest absolute Gasteiger partial charge is 0.224 e. The molecule has 3 rings (SSSR count). The monoisotopic (exact) mass is 248 g/mol. The van der Waals surface area contributed by atoms with Crippen molar-refractivity contribution >= 4 is 9.84 Å². The molecule has 1 aromatic rings. The normalized spacial score (nSPS) is 31.0. The van der Waals surface area contributed by atoms with E-state index in [0.717, 1.165) is 5.92 Å². The van der Waals surface area contributed by atoms with Crippen molar-refractivity contribution in [2.24, 2.45) is 11.8 Å². The first-order valence-corrected chi connectivity index (χ1v) is 7.91. The molecule has 2 bridgehead atoms. The van der Waals surface area contributed by atoms with E-state index in [9.17, 15) is 8.42 Å². The Labute approximate surface area is 102 Å². The number of hydrogen-bond acceptors (Lipinski definition) is 2. The number of allylic oxidation sites excluding steroid dienone is 2. The van der Waals surface area contributed by atoms with Gasteiger partial charge in [0.25, 0.3) is 0 Å². The standard InChI is InChI=1S/C14H16O2S/c1-17(15,16)13-6-4-11(5-7-13)14-9-10-2-3-12(14)8-10/h2-7,10,12,14H,8-9H2,1H3. The van der Waals surface area contributed by atoms with E-state index in [1.165, 1.54) is 24.7 Å². The molecule has 0 heterocycles. The van der Waals surface area contributed by atoms with Gasteiger partial charge in [-0.1, -0.05) is 24.3 Å². The summed E-state index contributed by atoms with van der Waals surface area (Å²) in [5, 5.41) is 0. The molecule has 3 atom stereocenters. The smallest absolute Gasteiger partial charge is 0.175 e. The van der Waals surface area contributed by atoms with E-state index in [1.54, 1.807) is 12.1 Å². The summed E-state index contributed by atoms with van der Waals surface area (Å²) in [6.45, 7) is 0. The van der Waals surface area contributed by atoms with Crippen LogP contribution in [0.1, 0.15) is 24.3 Å². The Morgan fingerprint density at radius 3 is 2.24 bits per heavy atom. The van der Waals surface area contributed by atoms with Gasteiger partial charge in [-0.05, 0) is 48.3 Å². The van der Waals surface area contributed by atoms with Crippen LogP contribution in [0.2, 0.25) is 0 Å². The maximum atomic E-state index is 11.4. The van der Waals surface area contributed by atoms with Gasteiger partial charge in [-0.2, -0.15) is 0 Å². The van der Waals surface area contributed by atoms with Crippen LogP contribution in [-0.4, -0.2) is 14.7 Å². The molecule has 2 aliphatic carbocycles. The van der Waals surface area contributed by atoms with Crippen molar-refractivity contribution in [2.75, 3.05) is 6.26 Å². The number of benzene rings is 1. The van der Waals surface area contributed by atoms with E-state index in [4.69, 9.17) is 0 Å². The van der Waals surface area contributed by atoms with E-state index in [-0.39, 0.29) is 0 Å². The SMILES string of the molecule is CS(=O)(=O)c1ccc(C2CC3C=CC2C3)cc1. The summed E-state index contributed by atoms with van der Waals surface area (Å²) in [5.41, 5.74) is 1.29. The van der Waals surface area contributed by atoms with Gasteiger partial charge < -0.3 is 0 Å². The van der Waals surface area contributed by atoms with Crippen LogP contribution in [0.5, 0.6) is 0 Å². The second-order valence-electron chi connectivity index (χ2n) is 5.23. The Bertz CT molecular complexity index is 554. The van der Waals surface area contributed by atoms with Crippen LogP contribution in [0.4, 0.5) is 0 Å². The quantitative estimate of drug-likeness (QED) is 0.754. The fraction of sp³-hybridized carbons (Fsp3) is 0.429. The minimum atomic E-state index is -3.07. The summed E-state index contributed by atoms with van der Waals surface area (Å²) in [6.07, 6.45) is 8.40. The molecule has 0 aliphatic heterocycles. The molecule has 3 heteroatoms. The highest BCUT2D eigenvalue weighted by Crippen LogP contribution is 2.48. The van der Waals surface area contributed by atoms with Gasteiger partial charge in [0.05, 0.1) is 4.90 Å². The highest BCUT2D eigenvalue weighted by atomic mass is 32.2. The zero-order valence-corrected chi connectivity index (χ0v) is 10.7. The molecule has 2 aliphatic rings. The molecule has 0 aromatic heterocycles. The van der Waals surface area contributed by atoms with Crippen molar-refractivity contribution < 1.29 is 8.42 Å². The summed E-state index contributed by atoms with van der Waals surface area (Å²) < 4.78 is 22.8. The lowest BCUT2D eigenvalue weighted by Crippen LogP contribution is -2.05. The van der Waals surface area contributed by atoms with Gasteiger partial charge in [0.15, 0.2) is 9.84 Å². The molecule has 3 unspecified atom stereocenters. The lowest BCUT2D eigenvalue weighted by molar-refractivity contribution is 0.584. The zero-order valence-electron chi connectivity index (χ0n) is 9.84. The third kappa shape index (κ3) is 1.93. The molecule has 0 amide bonds. The van der Waals surface area contributed by atoms with E-state index in [1.807, 2.05) is 12.1 Å².